The second-order valence-electron chi connectivity index (χ2n) is 9.71. The summed E-state index contributed by atoms with van der Waals surface area (Å²) in [6.45, 7) is 4.84. The van der Waals surface area contributed by atoms with Crippen LogP contribution in [0.5, 0.6) is 0 Å². The summed E-state index contributed by atoms with van der Waals surface area (Å²) >= 11 is 0. The Balaban J connectivity index is 2.03. The van der Waals surface area contributed by atoms with Crippen molar-refractivity contribution in [3.05, 3.63) is 45.5 Å². The van der Waals surface area contributed by atoms with Crippen molar-refractivity contribution >= 4 is 17.7 Å². The topological polar surface area (TPSA) is 63.5 Å². The van der Waals surface area contributed by atoms with Crippen molar-refractivity contribution < 1.29 is 9.72 Å². The quantitative estimate of drug-likeness (QED) is 0.0824. The Morgan fingerprint density at radius 2 is 1.21 bits per heavy atom. The number of hydrogen-bond acceptors (Lipinski definition) is 3. The molecule has 0 radical (unpaired) electrons. The minimum absolute atomic E-state index is 0.0133. The molecule has 0 aromatic heterocycles. The Morgan fingerprint density at radius 3 is 1.62 bits per heavy atom. The third-order valence-electron chi connectivity index (χ3n) is 6.52. The molecule has 0 bridgehead atoms. The number of hydrogen-bond donors (Lipinski definition) is 0. The minimum atomic E-state index is -0.419. The van der Waals surface area contributed by atoms with Crippen molar-refractivity contribution in [3.8, 4) is 0 Å². The largest absolute Gasteiger partial charge is 0.342 e. The van der Waals surface area contributed by atoms with E-state index in [4.69, 9.17) is 0 Å². The molecule has 0 atom stereocenters. The molecular weight excluding hydrogens is 424 g/mol. The van der Waals surface area contributed by atoms with Gasteiger partial charge in [0.15, 0.2) is 0 Å². The van der Waals surface area contributed by atoms with Gasteiger partial charge in [-0.15, -0.1) is 0 Å². The van der Waals surface area contributed by atoms with Gasteiger partial charge in [0.05, 0.1) is 4.92 Å². The standard InChI is InChI=1S/C29H48N2O3/c1-4-5-6-7-8-9-10-11-12-13-14-15-16-17-18-19-24-30(3)29(32)26(2)25-27-20-22-28(23-21-27)31(33)34/h20-23,25H,4-19,24H2,1-3H3. The number of benzene rings is 1. The van der Waals surface area contributed by atoms with E-state index in [-0.39, 0.29) is 11.6 Å². The number of rotatable bonds is 20. The first-order valence-corrected chi connectivity index (χ1v) is 13.6. The van der Waals surface area contributed by atoms with E-state index in [0.29, 0.717) is 5.57 Å². The van der Waals surface area contributed by atoms with Gasteiger partial charge in [0.25, 0.3) is 5.69 Å². The average molecular weight is 473 g/mol. The van der Waals surface area contributed by atoms with E-state index in [1.165, 1.54) is 108 Å². The zero-order valence-electron chi connectivity index (χ0n) is 22.0. The average Bonchev–Trinajstić information content (AvgIpc) is 2.83. The molecule has 1 rings (SSSR count). The van der Waals surface area contributed by atoms with E-state index in [9.17, 15) is 14.9 Å². The molecule has 0 aliphatic carbocycles. The molecule has 0 heterocycles. The normalized spacial score (nSPS) is 11.6. The lowest BCUT2D eigenvalue weighted by atomic mass is 10.0. The third-order valence-corrected chi connectivity index (χ3v) is 6.52. The Kier molecular flexibility index (Phi) is 16.8. The van der Waals surface area contributed by atoms with Crippen molar-refractivity contribution in [2.75, 3.05) is 13.6 Å². The summed E-state index contributed by atoms with van der Waals surface area (Å²) in [4.78, 5) is 24.7. The number of carbonyl (C=O) groups excluding carboxylic acids is 1. The highest BCUT2D eigenvalue weighted by Gasteiger charge is 2.11. The van der Waals surface area contributed by atoms with Gasteiger partial charge in [-0.25, -0.2) is 0 Å². The summed E-state index contributed by atoms with van der Waals surface area (Å²) in [5, 5.41) is 10.7. The van der Waals surface area contributed by atoms with Crippen molar-refractivity contribution in [2.24, 2.45) is 0 Å². The van der Waals surface area contributed by atoms with Crippen LogP contribution in [0.3, 0.4) is 0 Å². The minimum Gasteiger partial charge on any atom is -0.342 e. The molecule has 1 aromatic carbocycles. The van der Waals surface area contributed by atoms with E-state index in [1.807, 2.05) is 7.05 Å². The highest BCUT2D eigenvalue weighted by Crippen LogP contribution is 2.16. The Morgan fingerprint density at radius 1 is 0.794 bits per heavy atom. The number of nitro benzene ring substituents is 1. The number of nitrogens with zero attached hydrogens (tertiary/aromatic N) is 2. The predicted octanol–water partition coefficient (Wildman–Crippen LogP) is 8.72. The summed E-state index contributed by atoms with van der Waals surface area (Å²) in [6, 6.07) is 6.27. The molecule has 5 heteroatoms. The lowest BCUT2D eigenvalue weighted by Gasteiger charge is -2.17. The molecule has 1 amide bonds. The Bertz CT molecular complexity index is 713. The number of carbonyl (C=O) groups is 1. The molecule has 0 saturated heterocycles. The number of amides is 1. The van der Waals surface area contributed by atoms with Crippen molar-refractivity contribution in [1.29, 1.82) is 0 Å². The smallest absolute Gasteiger partial charge is 0.269 e. The highest BCUT2D eigenvalue weighted by molar-refractivity contribution is 5.97. The fraction of sp³-hybridized carbons (Fsp3) is 0.690. The van der Waals surface area contributed by atoms with Crippen LogP contribution in [0, 0.1) is 10.1 Å². The lowest BCUT2D eigenvalue weighted by molar-refractivity contribution is -0.384. The zero-order valence-corrected chi connectivity index (χ0v) is 22.0. The van der Waals surface area contributed by atoms with Gasteiger partial charge in [0, 0.05) is 31.3 Å². The molecule has 0 aliphatic rings. The second kappa shape index (κ2) is 19.2. The highest BCUT2D eigenvalue weighted by atomic mass is 16.6. The number of non-ortho nitro benzene ring substituents is 1. The van der Waals surface area contributed by atoms with Crippen LogP contribution in [0.1, 0.15) is 122 Å². The molecule has 5 nitrogen and oxygen atoms in total. The fourth-order valence-corrected chi connectivity index (χ4v) is 4.30. The van der Waals surface area contributed by atoms with Crippen LogP contribution in [-0.4, -0.2) is 29.3 Å². The van der Waals surface area contributed by atoms with Gasteiger partial charge in [-0.05, 0) is 37.1 Å². The first-order valence-electron chi connectivity index (χ1n) is 13.6. The van der Waals surface area contributed by atoms with Gasteiger partial charge >= 0.3 is 0 Å². The van der Waals surface area contributed by atoms with Crippen molar-refractivity contribution in [1.82, 2.24) is 4.90 Å². The molecule has 0 fully saturated rings. The first-order chi connectivity index (χ1) is 16.5. The lowest BCUT2D eigenvalue weighted by Crippen LogP contribution is -2.28. The molecule has 192 valence electrons. The maximum atomic E-state index is 12.6. The molecule has 0 aliphatic heterocycles. The van der Waals surface area contributed by atoms with Gasteiger partial charge < -0.3 is 4.90 Å². The number of nitro groups is 1. The molecule has 0 unspecified atom stereocenters. The maximum Gasteiger partial charge on any atom is 0.269 e. The van der Waals surface area contributed by atoms with Gasteiger partial charge in [-0.2, -0.15) is 0 Å². The molecule has 0 saturated carbocycles. The summed E-state index contributed by atoms with van der Waals surface area (Å²) < 4.78 is 0. The molecule has 0 spiro atoms. The molecular formula is C29H48N2O3. The van der Waals surface area contributed by atoms with Gasteiger partial charge in [-0.3, -0.25) is 14.9 Å². The van der Waals surface area contributed by atoms with E-state index in [1.54, 1.807) is 30.0 Å². The molecule has 0 N–H and O–H groups in total. The summed E-state index contributed by atoms with van der Waals surface area (Å²) in [5.74, 6) is 0.0133. The van der Waals surface area contributed by atoms with Crippen LogP contribution in [-0.2, 0) is 4.79 Å². The van der Waals surface area contributed by atoms with Crippen LogP contribution >= 0.6 is 0 Å². The number of likely N-dealkylation sites (N-methyl/N-ethyl adjacent to an activating group) is 1. The molecule has 1 aromatic rings. The first kappa shape index (κ1) is 29.9. The van der Waals surface area contributed by atoms with Gasteiger partial charge in [-0.1, -0.05) is 103 Å². The third kappa shape index (κ3) is 14.2. The van der Waals surface area contributed by atoms with Gasteiger partial charge in [0.2, 0.25) is 5.91 Å². The Hall–Kier alpha value is -2.17. The van der Waals surface area contributed by atoms with Crippen LogP contribution < -0.4 is 0 Å². The van der Waals surface area contributed by atoms with Crippen molar-refractivity contribution in [2.45, 2.75) is 117 Å². The molecule has 34 heavy (non-hydrogen) atoms. The van der Waals surface area contributed by atoms with Gasteiger partial charge in [0.1, 0.15) is 0 Å². The Labute approximate surface area is 208 Å². The van der Waals surface area contributed by atoms with E-state index in [2.05, 4.69) is 6.92 Å². The van der Waals surface area contributed by atoms with Crippen LogP contribution in [0.25, 0.3) is 6.08 Å². The fourth-order valence-electron chi connectivity index (χ4n) is 4.30. The SMILES string of the molecule is CCCCCCCCCCCCCCCCCCN(C)C(=O)C(C)=Cc1ccc([N+](=O)[O-])cc1. The van der Waals surface area contributed by atoms with Crippen molar-refractivity contribution in [3.63, 3.8) is 0 Å². The number of unbranched alkanes of at least 4 members (excludes halogenated alkanes) is 15. The van der Waals surface area contributed by atoms with E-state index >= 15 is 0 Å². The second-order valence-corrected chi connectivity index (χ2v) is 9.71. The van der Waals surface area contributed by atoms with Crippen LogP contribution in [0.2, 0.25) is 0 Å². The maximum absolute atomic E-state index is 12.6. The zero-order chi connectivity index (χ0) is 25.0. The summed E-state index contributed by atoms with van der Waals surface area (Å²) in [6.07, 6.45) is 23.3. The predicted molar refractivity (Wildman–Crippen MR) is 144 cm³/mol. The van der Waals surface area contributed by atoms with Crippen LogP contribution in [0.4, 0.5) is 5.69 Å². The van der Waals surface area contributed by atoms with E-state index < -0.39 is 4.92 Å². The monoisotopic (exact) mass is 472 g/mol. The van der Waals surface area contributed by atoms with Crippen LogP contribution in [0.15, 0.2) is 29.8 Å². The summed E-state index contributed by atoms with van der Waals surface area (Å²) in [7, 11) is 1.85. The summed E-state index contributed by atoms with van der Waals surface area (Å²) in [5.41, 5.74) is 1.50. The van der Waals surface area contributed by atoms with E-state index in [0.717, 1.165) is 18.5 Å².